The van der Waals surface area contributed by atoms with E-state index in [0.717, 1.165) is 50.4 Å². The first-order valence-corrected chi connectivity index (χ1v) is 11.7. The fourth-order valence-electron chi connectivity index (χ4n) is 2.81. The number of aryl methyl sites for hydroxylation is 1. The number of benzene rings is 2. The summed E-state index contributed by atoms with van der Waals surface area (Å²) in [5, 5.41) is 6.60. The molecule has 28 heavy (non-hydrogen) atoms. The fraction of sp³-hybridized carbons (Fsp3) is 0.409. The fourth-order valence-corrected chi connectivity index (χ4v) is 3.44. The van der Waals surface area contributed by atoms with E-state index in [1.807, 2.05) is 19.1 Å². The molecule has 0 heterocycles. The molecule has 0 amide bonds. The lowest BCUT2D eigenvalue weighted by Gasteiger charge is -2.11. The minimum Gasteiger partial charge on any atom is -0.357 e. The first-order chi connectivity index (χ1) is 13.4. The van der Waals surface area contributed by atoms with Crippen LogP contribution >= 0.6 is 0 Å². The Morgan fingerprint density at radius 2 is 1.43 bits per heavy atom. The Bertz CT molecular complexity index is 858. The maximum Gasteiger partial charge on any atom is 0.191 e. The first kappa shape index (κ1) is 22.0. The van der Waals surface area contributed by atoms with Gasteiger partial charge in [-0.15, -0.1) is 0 Å². The number of aliphatic imine (C=N–C) groups is 1. The maximum absolute atomic E-state index is 11.5. The molecule has 0 fully saturated rings. The molecule has 0 unspecified atom stereocenters. The molecular weight excluding hydrogens is 370 g/mol. The number of sulfone groups is 1. The average molecular weight is 402 g/mol. The number of nitrogens with one attached hydrogen (secondary N) is 2. The number of hydrogen-bond donors (Lipinski definition) is 2. The third kappa shape index (κ3) is 7.35. The summed E-state index contributed by atoms with van der Waals surface area (Å²) in [7, 11) is -3.14. The van der Waals surface area contributed by atoms with E-state index in [1.54, 1.807) is 12.1 Å². The zero-order valence-corrected chi connectivity index (χ0v) is 17.8. The van der Waals surface area contributed by atoms with Crippen molar-refractivity contribution in [2.75, 3.05) is 25.9 Å². The van der Waals surface area contributed by atoms with E-state index in [0.29, 0.717) is 4.90 Å². The van der Waals surface area contributed by atoms with Gasteiger partial charge in [0.1, 0.15) is 0 Å². The van der Waals surface area contributed by atoms with Crippen molar-refractivity contribution in [3.8, 4) is 0 Å². The van der Waals surface area contributed by atoms with Crippen LogP contribution in [-0.4, -0.2) is 40.3 Å². The van der Waals surface area contributed by atoms with Crippen molar-refractivity contribution in [3.63, 3.8) is 0 Å². The highest BCUT2D eigenvalue weighted by atomic mass is 32.2. The number of guanidine groups is 1. The Hall–Kier alpha value is -2.34. The smallest absolute Gasteiger partial charge is 0.191 e. The summed E-state index contributed by atoms with van der Waals surface area (Å²) in [4.78, 5) is 5.00. The highest BCUT2D eigenvalue weighted by Gasteiger charge is 2.06. The highest BCUT2D eigenvalue weighted by molar-refractivity contribution is 7.90. The lowest BCUT2D eigenvalue weighted by molar-refractivity contribution is 0.602. The van der Waals surface area contributed by atoms with Gasteiger partial charge in [-0.25, -0.2) is 8.42 Å². The van der Waals surface area contributed by atoms with E-state index >= 15 is 0 Å². The van der Waals surface area contributed by atoms with E-state index in [4.69, 9.17) is 0 Å². The molecule has 0 atom stereocenters. The van der Waals surface area contributed by atoms with Gasteiger partial charge in [-0.3, -0.25) is 4.99 Å². The van der Waals surface area contributed by atoms with Gasteiger partial charge in [0.15, 0.2) is 15.8 Å². The van der Waals surface area contributed by atoms with Crippen LogP contribution in [0, 0.1) is 0 Å². The molecule has 0 radical (unpaired) electrons. The average Bonchev–Trinajstić information content (AvgIpc) is 2.68. The Morgan fingerprint density at radius 3 is 2.00 bits per heavy atom. The van der Waals surface area contributed by atoms with E-state index in [9.17, 15) is 8.42 Å². The van der Waals surface area contributed by atoms with Crippen LogP contribution in [0.5, 0.6) is 0 Å². The molecular formula is C22H31N3O2S. The molecule has 0 aliphatic heterocycles. The summed E-state index contributed by atoms with van der Waals surface area (Å²) in [5.74, 6) is 0.806. The first-order valence-electron chi connectivity index (χ1n) is 9.81. The third-order valence-electron chi connectivity index (χ3n) is 4.50. The monoisotopic (exact) mass is 401 g/mol. The summed E-state index contributed by atoms with van der Waals surface area (Å²) in [6.07, 6.45) is 3.99. The molecule has 0 aliphatic carbocycles. The van der Waals surface area contributed by atoms with Gasteiger partial charge in [-0.2, -0.15) is 0 Å². The molecule has 0 saturated heterocycles. The summed E-state index contributed by atoms with van der Waals surface area (Å²) < 4.78 is 23.0. The number of rotatable bonds is 9. The molecule has 0 bridgehead atoms. The second-order valence-electron chi connectivity index (χ2n) is 6.77. The summed E-state index contributed by atoms with van der Waals surface area (Å²) in [6.45, 7) is 6.47. The minimum absolute atomic E-state index is 0.353. The predicted molar refractivity (Wildman–Crippen MR) is 117 cm³/mol. The van der Waals surface area contributed by atoms with Crippen LogP contribution in [0.2, 0.25) is 0 Å². The van der Waals surface area contributed by atoms with Crippen molar-refractivity contribution in [2.45, 2.75) is 38.0 Å². The van der Waals surface area contributed by atoms with Crippen LogP contribution < -0.4 is 10.6 Å². The SMILES string of the molecule is CCNC(=NCCc1ccc(CC)cc1)NCCc1ccc(S(C)(=O)=O)cc1. The Labute approximate surface area is 169 Å². The van der Waals surface area contributed by atoms with Gasteiger partial charge >= 0.3 is 0 Å². The van der Waals surface area contributed by atoms with Crippen molar-refractivity contribution in [1.82, 2.24) is 10.6 Å². The van der Waals surface area contributed by atoms with Gasteiger partial charge in [0.25, 0.3) is 0 Å². The van der Waals surface area contributed by atoms with Gasteiger partial charge in [-0.05, 0) is 55.0 Å². The molecule has 5 nitrogen and oxygen atoms in total. The van der Waals surface area contributed by atoms with Crippen molar-refractivity contribution in [1.29, 1.82) is 0 Å². The molecule has 0 saturated carbocycles. The van der Waals surface area contributed by atoms with Crippen LogP contribution in [0.15, 0.2) is 58.4 Å². The second kappa shape index (κ2) is 10.9. The van der Waals surface area contributed by atoms with Crippen LogP contribution in [0.3, 0.4) is 0 Å². The molecule has 152 valence electrons. The largest absolute Gasteiger partial charge is 0.357 e. The van der Waals surface area contributed by atoms with E-state index in [2.05, 4.69) is 46.8 Å². The minimum atomic E-state index is -3.14. The van der Waals surface area contributed by atoms with Gasteiger partial charge in [-0.1, -0.05) is 43.3 Å². The molecule has 0 aliphatic rings. The van der Waals surface area contributed by atoms with Crippen molar-refractivity contribution < 1.29 is 8.42 Å². The van der Waals surface area contributed by atoms with Crippen LogP contribution in [0.1, 0.15) is 30.5 Å². The number of nitrogens with zero attached hydrogens (tertiary/aromatic N) is 1. The third-order valence-corrected chi connectivity index (χ3v) is 5.63. The summed E-state index contributed by atoms with van der Waals surface area (Å²) >= 11 is 0. The standard InChI is InChI=1S/C22H31N3O2S/c1-4-18-6-8-19(9-7-18)14-16-24-22(23-5-2)25-17-15-20-10-12-21(13-11-20)28(3,26)27/h6-13H,4-5,14-17H2,1-3H3,(H2,23,24,25). The predicted octanol–water partition coefficient (Wildman–Crippen LogP) is 2.99. The van der Waals surface area contributed by atoms with E-state index < -0.39 is 9.84 Å². The molecule has 2 rings (SSSR count). The van der Waals surface area contributed by atoms with Crippen molar-refractivity contribution in [3.05, 3.63) is 65.2 Å². The maximum atomic E-state index is 11.5. The van der Waals surface area contributed by atoms with Gasteiger partial charge in [0.2, 0.25) is 0 Å². The normalized spacial score (nSPS) is 12.0. The van der Waals surface area contributed by atoms with E-state index in [-0.39, 0.29) is 0 Å². The molecule has 2 aromatic carbocycles. The molecule has 2 aromatic rings. The van der Waals surface area contributed by atoms with Crippen LogP contribution in [0.4, 0.5) is 0 Å². The summed E-state index contributed by atoms with van der Waals surface area (Å²) in [6, 6.07) is 15.8. The highest BCUT2D eigenvalue weighted by Crippen LogP contribution is 2.10. The molecule has 2 N–H and O–H groups in total. The zero-order chi connectivity index (χ0) is 20.4. The van der Waals surface area contributed by atoms with Gasteiger partial charge < -0.3 is 10.6 Å². The van der Waals surface area contributed by atoms with Gasteiger partial charge in [0, 0.05) is 25.9 Å². The topological polar surface area (TPSA) is 70.6 Å². The second-order valence-corrected chi connectivity index (χ2v) is 8.79. The Kier molecular flexibility index (Phi) is 8.51. The molecule has 6 heteroatoms. The van der Waals surface area contributed by atoms with Crippen molar-refractivity contribution >= 4 is 15.8 Å². The van der Waals surface area contributed by atoms with E-state index in [1.165, 1.54) is 17.4 Å². The Morgan fingerprint density at radius 1 is 0.857 bits per heavy atom. The quantitative estimate of drug-likeness (QED) is 0.501. The molecule has 0 aromatic heterocycles. The zero-order valence-electron chi connectivity index (χ0n) is 17.0. The molecule has 0 spiro atoms. The van der Waals surface area contributed by atoms with Crippen LogP contribution in [-0.2, 0) is 29.1 Å². The summed E-state index contributed by atoms with van der Waals surface area (Å²) in [5.41, 5.74) is 3.74. The van der Waals surface area contributed by atoms with Gasteiger partial charge in [0.05, 0.1) is 4.90 Å². The Balaban J connectivity index is 1.83. The lowest BCUT2D eigenvalue weighted by atomic mass is 10.1. The van der Waals surface area contributed by atoms with Crippen LogP contribution in [0.25, 0.3) is 0 Å². The lowest BCUT2D eigenvalue weighted by Crippen LogP contribution is -2.38. The van der Waals surface area contributed by atoms with Crippen molar-refractivity contribution in [2.24, 2.45) is 4.99 Å². The number of hydrogen-bond acceptors (Lipinski definition) is 3.